The molecule has 0 saturated heterocycles. The van der Waals surface area contributed by atoms with E-state index in [9.17, 15) is 0 Å². The summed E-state index contributed by atoms with van der Waals surface area (Å²) in [4.78, 5) is 0. The average Bonchev–Trinajstić information content (AvgIpc) is 0. The molecule has 0 nitrogen and oxygen atoms in total. The number of rotatable bonds is 0. The van der Waals surface area contributed by atoms with Crippen molar-refractivity contribution in [3.05, 3.63) is 0 Å². The van der Waals surface area contributed by atoms with Crippen molar-refractivity contribution in [3.8, 4) is 0 Å². The maximum atomic E-state index is 0. The molecule has 0 N–H and O–H groups in total. The van der Waals surface area contributed by atoms with Crippen LogP contribution in [0.15, 0.2) is 0 Å². The molecule has 0 aliphatic carbocycles. The van der Waals surface area contributed by atoms with Gasteiger partial charge in [0.25, 0.3) is 0 Å². The molecule has 4 heteroatoms. The first-order valence-electron chi connectivity index (χ1n) is 0. The second kappa shape index (κ2) is 18.6. The zero-order valence-corrected chi connectivity index (χ0v) is 6.71. The Morgan fingerprint density at radius 1 is 0.750 bits per heavy atom. The van der Waals surface area contributed by atoms with Gasteiger partial charge in [0.05, 0.1) is 0 Å². The Morgan fingerprint density at radius 3 is 0.750 bits per heavy atom. The van der Waals surface area contributed by atoms with E-state index in [1.54, 1.807) is 0 Å². The van der Waals surface area contributed by atoms with E-state index in [0.717, 1.165) is 0 Å². The van der Waals surface area contributed by atoms with E-state index in [1.807, 2.05) is 0 Å². The van der Waals surface area contributed by atoms with Crippen LogP contribution in [0, 0.1) is 0 Å². The number of hydrogen-bond acceptors (Lipinski definition) is 0. The summed E-state index contributed by atoms with van der Waals surface area (Å²) < 4.78 is 0. The second-order valence-electron chi connectivity index (χ2n) is 0. The minimum absolute atomic E-state index is 0. The monoisotopic (exact) mass is 187 g/mol. The SMILES string of the molecule is [Al].[Fe].[Fe].[Ti]. The van der Waals surface area contributed by atoms with Gasteiger partial charge in [-0.25, -0.2) is 0 Å². The van der Waals surface area contributed by atoms with E-state index in [4.69, 9.17) is 0 Å². The fourth-order valence-electron chi connectivity index (χ4n) is 0. The quantitative estimate of drug-likeness (QED) is 0.452. The van der Waals surface area contributed by atoms with E-state index in [2.05, 4.69) is 0 Å². The Labute approximate surface area is 72.4 Å². The van der Waals surface area contributed by atoms with Gasteiger partial charge in [0.15, 0.2) is 0 Å². The van der Waals surface area contributed by atoms with Crippen molar-refractivity contribution in [3.63, 3.8) is 0 Å². The minimum atomic E-state index is 0. The fraction of sp³-hybridized carbons (Fsp3) is 0. The third-order valence-electron chi connectivity index (χ3n) is 0. The van der Waals surface area contributed by atoms with Crippen molar-refractivity contribution in [1.29, 1.82) is 0 Å². The summed E-state index contributed by atoms with van der Waals surface area (Å²) in [6, 6.07) is 0. The molecule has 0 aromatic heterocycles. The zero-order valence-electron chi connectivity index (χ0n) is 1.78. The Hall–Kier alpha value is 2.29. The van der Waals surface area contributed by atoms with Crippen molar-refractivity contribution in [1.82, 2.24) is 0 Å². The van der Waals surface area contributed by atoms with Crippen LogP contribution in [0.3, 0.4) is 0 Å². The van der Waals surface area contributed by atoms with Crippen molar-refractivity contribution in [2.75, 3.05) is 0 Å². The summed E-state index contributed by atoms with van der Waals surface area (Å²) in [7, 11) is 0. The summed E-state index contributed by atoms with van der Waals surface area (Å²) in [6.07, 6.45) is 0. The van der Waals surface area contributed by atoms with Crippen molar-refractivity contribution < 1.29 is 55.9 Å². The molecule has 0 bridgehead atoms. The molecule has 4 heavy (non-hydrogen) atoms. The van der Waals surface area contributed by atoms with Gasteiger partial charge >= 0.3 is 0 Å². The fourth-order valence-corrected chi connectivity index (χ4v) is 0. The summed E-state index contributed by atoms with van der Waals surface area (Å²) in [6.45, 7) is 0. The van der Waals surface area contributed by atoms with Crippen LogP contribution in [0.5, 0.6) is 0 Å². The topological polar surface area (TPSA) is 0 Å². The molecule has 0 rings (SSSR count). The Balaban J connectivity index is 0. The summed E-state index contributed by atoms with van der Waals surface area (Å²) >= 11 is 0. The maximum absolute atomic E-state index is 0. The van der Waals surface area contributed by atoms with Crippen LogP contribution in [0.2, 0.25) is 0 Å². The van der Waals surface area contributed by atoms with Crippen LogP contribution < -0.4 is 0 Å². The van der Waals surface area contributed by atoms with E-state index in [-0.39, 0.29) is 73.2 Å². The van der Waals surface area contributed by atoms with Crippen LogP contribution in [-0.4, -0.2) is 17.4 Å². The van der Waals surface area contributed by atoms with Crippen molar-refractivity contribution in [2.45, 2.75) is 0 Å². The molecule has 0 amide bonds. The van der Waals surface area contributed by atoms with E-state index in [0.29, 0.717) is 0 Å². The standard InChI is InChI=1S/Al.2Fe.Ti. The second-order valence-corrected chi connectivity index (χ2v) is 0. The first kappa shape index (κ1) is 33.6. The largest absolute Gasteiger partial charge is 0 e. The van der Waals surface area contributed by atoms with Gasteiger partial charge in [0, 0.05) is 73.2 Å². The third-order valence-corrected chi connectivity index (χ3v) is 0. The normalized spacial score (nSPS) is 0. The molecular formula is AlFe2Ti. The van der Waals surface area contributed by atoms with Gasteiger partial charge in [-0.05, 0) is 0 Å². The Morgan fingerprint density at radius 2 is 0.750 bits per heavy atom. The van der Waals surface area contributed by atoms with Gasteiger partial charge in [0.2, 0.25) is 0 Å². The van der Waals surface area contributed by atoms with Gasteiger partial charge in [-0.15, -0.1) is 0 Å². The van der Waals surface area contributed by atoms with Gasteiger partial charge in [-0.3, -0.25) is 0 Å². The molecule has 0 heterocycles. The Kier molecular flexibility index (Phi) is 156. The summed E-state index contributed by atoms with van der Waals surface area (Å²) in [5.41, 5.74) is 0. The third kappa shape index (κ3) is 8.86. The predicted octanol–water partition coefficient (Wildman–Crippen LogP) is -0.388. The van der Waals surface area contributed by atoms with Crippen LogP contribution in [0.25, 0.3) is 0 Å². The molecule has 0 atom stereocenters. The summed E-state index contributed by atoms with van der Waals surface area (Å²) in [5.74, 6) is 0. The van der Waals surface area contributed by atoms with Crippen LogP contribution in [0.4, 0.5) is 0 Å². The molecular weight excluding hydrogens is 187 g/mol. The average molecular weight is 187 g/mol. The van der Waals surface area contributed by atoms with E-state index in [1.165, 1.54) is 0 Å². The van der Waals surface area contributed by atoms with Crippen LogP contribution in [-0.2, 0) is 55.9 Å². The minimum Gasteiger partial charge on any atom is 0 e. The molecule has 23 valence electrons. The molecule has 0 saturated carbocycles. The molecule has 0 fully saturated rings. The molecule has 0 spiro atoms. The zero-order chi connectivity index (χ0) is 0. The first-order chi connectivity index (χ1) is 0. The molecule has 0 unspecified atom stereocenters. The van der Waals surface area contributed by atoms with E-state index >= 15 is 0 Å². The smallest absolute Gasteiger partial charge is 0 e. The van der Waals surface area contributed by atoms with Gasteiger partial charge in [-0.1, -0.05) is 0 Å². The van der Waals surface area contributed by atoms with Crippen molar-refractivity contribution >= 4 is 17.4 Å². The Bertz CT molecular complexity index is 6.00. The van der Waals surface area contributed by atoms with Gasteiger partial charge < -0.3 is 0 Å². The van der Waals surface area contributed by atoms with Crippen LogP contribution in [0.1, 0.15) is 0 Å². The molecule has 0 aliphatic heterocycles. The number of hydrogen-bond donors (Lipinski definition) is 0. The van der Waals surface area contributed by atoms with Gasteiger partial charge in [-0.2, -0.15) is 0 Å². The predicted molar refractivity (Wildman–Crippen MR) is 5.75 cm³/mol. The summed E-state index contributed by atoms with van der Waals surface area (Å²) in [5, 5.41) is 0. The molecule has 0 aromatic carbocycles. The molecule has 0 aromatic rings. The molecule has 3 radical (unpaired) electrons. The first-order valence-corrected chi connectivity index (χ1v) is 0. The van der Waals surface area contributed by atoms with Crippen LogP contribution >= 0.6 is 0 Å². The maximum Gasteiger partial charge on any atom is 0 e. The van der Waals surface area contributed by atoms with Crippen molar-refractivity contribution in [2.24, 2.45) is 0 Å². The van der Waals surface area contributed by atoms with E-state index < -0.39 is 0 Å². The molecule has 0 aliphatic rings. The van der Waals surface area contributed by atoms with Gasteiger partial charge in [0.1, 0.15) is 0 Å².